The number of carbonyl (C=O) groups excluding carboxylic acids is 1. The quantitative estimate of drug-likeness (QED) is 0.113. The number of amides is 1. The van der Waals surface area contributed by atoms with Crippen LogP contribution in [0, 0.1) is 0 Å². The molecule has 1 aliphatic heterocycles. The number of nitrogens with one attached hydrogen (secondary N) is 1. The maximum Gasteiger partial charge on any atom is 0.217 e. The first-order valence-electron chi connectivity index (χ1n) is 13.9. The van der Waals surface area contributed by atoms with E-state index in [0.717, 1.165) is 30.7 Å². The monoisotopic (exact) mass is 448 g/mol. The van der Waals surface area contributed by atoms with Crippen LogP contribution in [-0.2, 0) is 4.79 Å². The molecule has 0 aromatic rings. The number of hydrogen-bond acceptors (Lipinski definition) is 2. The van der Waals surface area contributed by atoms with Crippen LogP contribution >= 0.6 is 0 Å². The van der Waals surface area contributed by atoms with Gasteiger partial charge in [-0.05, 0) is 33.1 Å². The summed E-state index contributed by atoms with van der Waals surface area (Å²) in [7, 11) is 0. The number of nitrogens with zero attached hydrogens (tertiary/aromatic N) is 2. The van der Waals surface area contributed by atoms with E-state index in [0.29, 0.717) is 6.17 Å². The molecule has 1 aliphatic rings. The van der Waals surface area contributed by atoms with E-state index in [1.807, 2.05) is 0 Å². The second kappa shape index (κ2) is 19.3. The zero-order valence-corrected chi connectivity index (χ0v) is 21.8. The summed E-state index contributed by atoms with van der Waals surface area (Å²) in [5, 5.41) is 2.97. The van der Waals surface area contributed by atoms with Crippen molar-refractivity contribution in [3.05, 3.63) is 12.2 Å². The minimum Gasteiger partial charge on any atom is -0.351 e. The van der Waals surface area contributed by atoms with Gasteiger partial charge in [0.2, 0.25) is 5.91 Å². The summed E-state index contributed by atoms with van der Waals surface area (Å²) >= 11 is 0. The van der Waals surface area contributed by atoms with E-state index in [9.17, 15) is 4.79 Å². The summed E-state index contributed by atoms with van der Waals surface area (Å²) in [6.45, 7) is 9.86. The molecule has 186 valence electrons. The van der Waals surface area contributed by atoms with Gasteiger partial charge in [0.15, 0.2) is 6.17 Å². The fourth-order valence-corrected chi connectivity index (χ4v) is 5.01. The van der Waals surface area contributed by atoms with Gasteiger partial charge >= 0.3 is 0 Å². The standard InChI is InChI=1S/C28H53N3O/c1-4-6-7-8-9-10-11-12-13-14-15-16-17-18-19-20-21-22-28-30-24-26-31(28,5-2)25-23-29-27(3)32/h4,6,24,28H,5,7-23,25-26H2,1-3H3/p+1/b6-4+. The zero-order valence-electron chi connectivity index (χ0n) is 21.8. The largest absolute Gasteiger partial charge is 0.351 e. The summed E-state index contributed by atoms with van der Waals surface area (Å²) in [6, 6.07) is 0. The van der Waals surface area contributed by atoms with Crippen molar-refractivity contribution in [1.82, 2.24) is 5.32 Å². The average molecular weight is 449 g/mol. The van der Waals surface area contributed by atoms with Gasteiger partial charge in [-0.1, -0.05) is 89.2 Å². The molecule has 0 radical (unpaired) electrons. The van der Waals surface area contributed by atoms with Crippen LogP contribution in [0.3, 0.4) is 0 Å². The molecule has 0 aliphatic carbocycles. The maximum atomic E-state index is 11.2. The molecule has 0 saturated carbocycles. The Kier molecular flexibility index (Phi) is 17.4. The Morgan fingerprint density at radius 3 is 1.97 bits per heavy atom. The molecule has 0 saturated heterocycles. The normalized spacial score (nSPS) is 20.4. The number of likely N-dealkylation sites (N-methyl/N-ethyl adjacent to an activating group) is 1. The summed E-state index contributed by atoms with van der Waals surface area (Å²) in [5.41, 5.74) is 0. The molecule has 2 atom stereocenters. The molecule has 32 heavy (non-hydrogen) atoms. The molecule has 1 rings (SSSR count). The predicted molar refractivity (Wildman–Crippen MR) is 140 cm³/mol. The summed E-state index contributed by atoms with van der Waals surface area (Å²) in [6.07, 6.45) is 29.1. The van der Waals surface area contributed by atoms with Crippen LogP contribution < -0.4 is 5.32 Å². The smallest absolute Gasteiger partial charge is 0.217 e. The Bertz CT molecular complexity index is 517. The molecule has 0 spiro atoms. The van der Waals surface area contributed by atoms with Crippen LogP contribution in [0.15, 0.2) is 17.1 Å². The highest BCUT2D eigenvalue weighted by Gasteiger charge is 2.37. The van der Waals surface area contributed by atoms with Gasteiger partial charge in [0.05, 0.1) is 25.8 Å². The molecule has 0 aromatic heterocycles. The van der Waals surface area contributed by atoms with Gasteiger partial charge in [-0.3, -0.25) is 9.28 Å². The number of quaternary nitrogens is 1. The lowest BCUT2D eigenvalue weighted by atomic mass is 10.0. The molecular weight excluding hydrogens is 394 g/mol. The lowest BCUT2D eigenvalue weighted by Crippen LogP contribution is -2.55. The SMILES string of the molecule is C/C=C/CCCCCCCCCCCCCCCCC1N=CC[N+]1(CC)CCNC(C)=O. The number of rotatable bonds is 21. The van der Waals surface area contributed by atoms with Crippen molar-refractivity contribution in [1.29, 1.82) is 0 Å². The second-order valence-corrected chi connectivity index (χ2v) is 9.83. The van der Waals surface area contributed by atoms with Gasteiger partial charge in [-0.15, -0.1) is 0 Å². The summed E-state index contributed by atoms with van der Waals surface area (Å²) in [4.78, 5) is 16.0. The Labute approximate surface area is 199 Å². The first-order valence-corrected chi connectivity index (χ1v) is 13.9. The Hall–Kier alpha value is -1.16. The first-order chi connectivity index (χ1) is 15.6. The highest BCUT2D eigenvalue weighted by Crippen LogP contribution is 2.24. The second-order valence-electron chi connectivity index (χ2n) is 9.83. The van der Waals surface area contributed by atoms with Gasteiger partial charge in [0, 0.05) is 13.3 Å². The van der Waals surface area contributed by atoms with Gasteiger partial charge in [0.1, 0.15) is 6.54 Å². The third-order valence-corrected chi connectivity index (χ3v) is 7.23. The van der Waals surface area contributed by atoms with E-state index in [1.54, 1.807) is 6.92 Å². The van der Waals surface area contributed by atoms with Crippen molar-refractivity contribution < 1.29 is 9.28 Å². The van der Waals surface area contributed by atoms with Crippen molar-refractivity contribution in [3.63, 3.8) is 0 Å². The van der Waals surface area contributed by atoms with Crippen molar-refractivity contribution in [2.24, 2.45) is 4.99 Å². The van der Waals surface area contributed by atoms with Gasteiger partial charge in [-0.25, -0.2) is 4.99 Å². The average Bonchev–Trinajstić information content (AvgIpc) is 3.18. The molecule has 2 unspecified atom stereocenters. The third-order valence-electron chi connectivity index (χ3n) is 7.23. The van der Waals surface area contributed by atoms with E-state index < -0.39 is 0 Å². The van der Waals surface area contributed by atoms with Crippen LogP contribution in [0.5, 0.6) is 0 Å². The molecular formula is C28H54N3O+. The number of hydrogen-bond donors (Lipinski definition) is 1. The zero-order chi connectivity index (χ0) is 23.3. The van der Waals surface area contributed by atoms with Crippen molar-refractivity contribution in [2.45, 2.75) is 130 Å². The van der Waals surface area contributed by atoms with Gasteiger partial charge in [-0.2, -0.15) is 0 Å². The lowest BCUT2D eigenvalue weighted by Gasteiger charge is -2.38. The molecule has 4 nitrogen and oxygen atoms in total. The molecule has 4 heteroatoms. The van der Waals surface area contributed by atoms with E-state index in [2.05, 4.69) is 37.5 Å². The van der Waals surface area contributed by atoms with E-state index in [1.165, 1.54) is 103 Å². The molecule has 1 amide bonds. The van der Waals surface area contributed by atoms with Crippen LogP contribution in [0.2, 0.25) is 0 Å². The maximum absolute atomic E-state index is 11.2. The minimum absolute atomic E-state index is 0.0714. The van der Waals surface area contributed by atoms with Crippen LogP contribution in [0.25, 0.3) is 0 Å². The molecule has 0 bridgehead atoms. The number of unbranched alkanes of at least 4 members (excludes halogenated alkanes) is 14. The number of carbonyl (C=O) groups is 1. The third kappa shape index (κ3) is 13.4. The van der Waals surface area contributed by atoms with E-state index >= 15 is 0 Å². The first kappa shape index (κ1) is 28.9. The predicted octanol–water partition coefficient (Wildman–Crippen LogP) is 7.19. The molecule has 0 aromatic carbocycles. The van der Waals surface area contributed by atoms with Crippen LogP contribution in [0.4, 0.5) is 0 Å². The van der Waals surface area contributed by atoms with Crippen molar-refractivity contribution in [3.8, 4) is 0 Å². The van der Waals surface area contributed by atoms with Crippen molar-refractivity contribution in [2.75, 3.05) is 26.2 Å². The Balaban J connectivity index is 1.92. The van der Waals surface area contributed by atoms with Gasteiger partial charge in [0.25, 0.3) is 0 Å². The molecule has 1 N–H and O–H groups in total. The Morgan fingerprint density at radius 2 is 1.47 bits per heavy atom. The minimum atomic E-state index is 0.0714. The van der Waals surface area contributed by atoms with E-state index in [-0.39, 0.29) is 5.91 Å². The summed E-state index contributed by atoms with van der Waals surface area (Å²) < 4.78 is 1.02. The highest BCUT2D eigenvalue weighted by molar-refractivity contribution is 5.72. The van der Waals surface area contributed by atoms with Crippen LogP contribution in [0.1, 0.15) is 124 Å². The molecule has 0 fully saturated rings. The van der Waals surface area contributed by atoms with Gasteiger partial charge < -0.3 is 5.32 Å². The lowest BCUT2D eigenvalue weighted by molar-refractivity contribution is -0.935. The van der Waals surface area contributed by atoms with Crippen molar-refractivity contribution >= 4 is 12.1 Å². The highest BCUT2D eigenvalue weighted by atomic mass is 16.1. The number of allylic oxidation sites excluding steroid dienone is 2. The summed E-state index contributed by atoms with van der Waals surface area (Å²) in [5.74, 6) is 0.0714. The Morgan fingerprint density at radius 1 is 0.938 bits per heavy atom. The fraction of sp³-hybridized carbons (Fsp3) is 0.857. The fourth-order valence-electron chi connectivity index (χ4n) is 5.01. The van der Waals surface area contributed by atoms with E-state index in [4.69, 9.17) is 4.99 Å². The van der Waals surface area contributed by atoms with Crippen LogP contribution in [-0.4, -0.2) is 48.9 Å². The topological polar surface area (TPSA) is 41.5 Å². The number of aliphatic imine (C=N–C) groups is 1. The molecule has 1 heterocycles.